The maximum Gasteiger partial charge on any atom is 0.171 e. The van der Waals surface area contributed by atoms with Gasteiger partial charge in [0.05, 0.1) is 61.8 Å². The molecule has 0 radical (unpaired) electrons. The van der Waals surface area contributed by atoms with Crippen LogP contribution in [0.5, 0.6) is 0 Å². The van der Waals surface area contributed by atoms with Crippen molar-refractivity contribution in [3.63, 3.8) is 0 Å². The van der Waals surface area contributed by atoms with Crippen molar-refractivity contribution in [1.82, 2.24) is 9.13 Å². The maximum atomic E-state index is 15.3. The normalized spacial score (nSPS) is 12.5. The third-order valence-corrected chi connectivity index (χ3v) is 14.3. The average molecular weight is 1070 g/mol. The van der Waals surface area contributed by atoms with Gasteiger partial charge < -0.3 is 9.13 Å². The van der Waals surface area contributed by atoms with E-state index in [2.05, 4.69) is 141 Å². The molecule has 0 unspecified atom stereocenters. The first-order chi connectivity index (χ1) is 40.4. The Balaban J connectivity index is 1.22. The van der Waals surface area contributed by atoms with Crippen molar-refractivity contribution < 1.29 is 4.79 Å². The largest absolute Gasteiger partial charge is 0.340 e. The molecule has 0 aliphatic heterocycles. The first kappa shape index (κ1) is 53.1. The second-order valence-electron chi connectivity index (χ2n) is 19.2. The van der Waals surface area contributed by atoms with Gasteiger partial charge in [-0.05, 0) is 65.4 Å². The topological polar surface area (TPSA) is 26.9 Å². The monoisotopic (exact) mass is 1070 g/mol. The van der Waals surface area contributed by atoms with E-state index in [1.165, 1.54) is 0 Å². The minimum atomic E-state index is -0.110. The number of para-hydroxylation sites is 2. The van der Waals surface area contributed by atoms with Gasteiger partial charge in [0, 0.05) is 40.5 Å². The highest BCUT2D eigenvalue weighted by Gasteiger charge is 2.24. The minimum absolute atomic E-state index is 0.0806. The van der Waals surface area contributed by atoms with E-state index in [1.807, 2.05) is 188 Å². The van der Waals surface area contributed by atoms with Crippen LogP contribution in [-0.4, -0.2) is 14.9 Å². The summed E-state index contributed by atoms with van der Waals surface area (Å²) in [4.78, 5) is 15.3. The lowest BCUT2D eigenvalue weighted by Crippen LogP contribution is -2.04. The van der Waals surface area contributed by atoms with Crippen LogP contribution in [0.3, 0.4) is 0 Å². The number of aryl methyl sites for hydroxylation is 2. The Labute approximate surface area is 484 Å². The Bertz CT molecular complexity index is 4670. The van der Waals surface area contributed by atoms with Crippen LogP contribution in [0.4, 0.5) is 0 Å². The molecule has 1 aliphatic rings. The molecule has 0 fully saturated rings. The van der Waals surface area contributed by atoms with Crippen LogP contribution in [-0.2, 0) is 13.1 Å². The van der Waals surface area contributed by atoms with Gasteiger partial charge >= 0.3 is 0 Å². The number of fused-ring (bicyclic) bond motifs is 2. The molecule has 0 amide bonds. The summed E-state index contributed by atoms with van der Waals surface area (Å²) in [7, 11) is 0. The van der Waals surface area contributed by atoms with Crippen molar-refractivity contribution >= 4 is 66.5 Å². The second kappa shape index (κ2) is 25.3. The number of carbonyl (C=O) groups is 1. The first-order valence-corrected chi connectivity index (χ1v) is 27.6. The summed E-state index contributed by atoms with van der Waals surface area (Å²) in [5, 5.41) is 2.36. The number of hydrogen-bond acceptors (Lipinski definition) is 1. The summed E-state index contributed by atoms with van der Waals surface area (Å²) in [6.45, 7) is 5.64. The van der Waals surface area contributed by atoms with E-state index in [-0.39, 0.29) is 12.2 Å². The Morgan fingerprint density at radius 2 is 0.707 bits per heavy atom. The Hall–Kier alpha value is -10.9. The van der Waals surface area contributed by atoms with E-state index >= 15 is 4.79 Å². The maximum absolute atomic E-state index is 15.3. The molecule has 2 aromatic heterocycles. The van der Waals surface area contributed by atoms with E-state index in [1.54, 1.807) is 0 Å². The summed E-state index contributed by atoms with van der Waals surface area (Å²) >= 11 is 7.68. The standard InChI is InChI=1S/C78H51ClN2O/c1-3-80-72-41-25-23-39-69(72)75(77(80)67-35-19-9-20-36-67)71(79)55-57-43-47-63(59-27-11-5-12-28-59)51-53-65(61-31-15-7-16-32-61)49-45-58(46-50-66(62-33-17-8-18-34-62)54-52-64(48-44-57)60-29-13-6-14-30-60)56-74(82)76-70-40-24-26-42-73(70)81(4-2)78(76)68-37-21-10-22-38-68/h5-42,55H,3-4,56H2,1-2H3/b71-55-. The van der Waals surface area contributed by atoms with Crippen LogP contribution in [0.1, 0.15) is 58.4 Å². The number of carbonyl (C=O) groups excluding carboxylic acids is 1. The lowest BCUT2D eigenvalue weighted by Gasteiger charge is -2.10. The highest BCUT2D eigenvalue weighted by molar-refractivity contribution is 6.50. The fourth-order valence-electron chi connectivity index (χ4n) is 10.2. The lowest BCUT2D eigenvalue weighted by atomic mass is 9.97. The Morgan fingerprint density at radius 1 is 0.378 bits per heavy atom. The molecule has 1 aliphatic carbocycles. The van der Waals surface area contributed by atoms with E-state index in [9.17, 15) is 0 Å². The summed E-state index contributed by atoms with van der Waals surface area (Å²) in [5.74, 6) is 20.5. The van der Waals surface area contributed by atoms with E-state index < -0.39 is 0 Å². The molecule has 0 saturated heterocycles. The van der Waals surface area contributed by atoms with Crippen LogP contribution >= 0.6 is 11.6 Å². The smallest absolute Gasteiger partial charge is 0.171 e. The van der Waals surface area contributed by atoms with Crippen LogP contribution in [0.15, 0.2) is 282 Å². The molecule has 0 bridgehead atoms. The number of halogens is 1. The predicted molar refractivity (Wildman–Crippen MR) is 340 cm³/mol. The van der Waals surface area contributed by atoms with Crippen LogP contribution in [0.25, 0.3) is 71.6 Å². The van der Waals surface area contributed by atoms with E-state index in [0.29, 0.717) is 50.6 Å². The number of aromatic nitrogens is 2. The molecule has 0 spiro atoms. The average Bonchev–Trinajstić information content (AvgIpc) is 3.78. The number of nitrogens with zero attached hydrogens (tertiary/aromatic N) is 2. The molecular formula is C78H51ClN2O. The van der Waals surface area contributed by atoms with Gasteiger partial charge in [-0.2, -0.15) is 0 Å². The molecular weight excluding hydrogens is 1020 g/mol. The lowest BCUT2D eigenvalue weighted by molar-refractivity contribution is 0.0996. The molecule has 0 N–H and O–H groups in total. The zero-order chi connectivity index (χ0) is 56.0. The number of Topliss-reactive ketones (excluding diaryl/α,β-unsaturated/α-hetero) is 1. The molecule has 82 heavy (non-hydrogen) atoms. The van der Waals surface area contributed by atoms with Gasteiger partial charge in [-0.3, -0.25) is 4.79 Å². The fraction of sp³-hybridized carbons (Fsp3) is 0.0641. The molecule has 4 heteroatoms. The summed E-state index contributed by atoms with van der Waals surface area (Å²) < 4.78 is 4.51. The van der Waals surface area contributed by atoms with E-state index in [4.69, 9.17) is 11.6 Å². The van der Waals surface area contributed by atoms with Crippen molar-refractivity contribution in [2.45, 2.75) is 33.4 Å². The molecule has 3 nitrogen and oxygen atoms in total. The van der Waals surface area contributed by atoms with Gasteiger partial charge in [0.25, 0.3) is 0 Å². The molecule has 0 atom stereocenters. The summed E-state index contributed by atoms with van der Waals surface area (Å²) in [6, 6.07) is 76.2. The molecule has 11 rings (SSSR count). The zero-order valence-electron chi connectivity index (χ0n) is 45.3. The summed E-state index contributed by atoms with van der Waals surface area (Å²) in [5.41, 5.74) is 34.2. The number of allylic oxidation sites excluding steroid dienone is 7. The summed E-state index contributed by atoms with van der Waals surface area (Å²) in [6.07, 6.45) is 1.78. The van der Waals surface area contributed by atoms with Crippen LogP contribution in [0.2, 0.25) is 0 Å². The number of ketones is 1. The van der Waals surface area contributed by atoms with Crippen molar-refractivity contribution in [1.29, 1.82) is 0 Å². The SMILES string of the molecule is CCn1c(-c2ccccc2)c(C(=O)CC2=C=C=C(c3ccccc3)C#CC(c3ccccc3)=C=C=C(/C=C(\Cl)c3c(-c4ccccc4)n(CC)c4ccccc34)C#CC(c3ccccc3)=C=C=C(c3ccccc3)C#C2)c2ccccc21. The number of hydrogen-bond donors (Lipinski definition) is 0. The molecule has 0 saturated carbocycles. The second-order valence-corrected chi connectivity index (χ2v) is 19.6. The fourth-order valence-corrected chi connectivity index (χ4v) is 10.5. The zero-order valence-corrected chi connectivity index (χ0v) is 46.1. The number of benzene rings is 8. The minimum Gasteiger partial charge on any atom is -0.340 e. The van der Waals surface area contributed by atoms with Gasteiger partial charge in [0.2, 0.25) is 0 Å². The van der Waals surface area contributed by atoms with Crippen LogP contribution in [0, 0.1) is 35.5 Å². The third-order valence-electron chi connectivity index (χ3n) is 14.0. The van der Waals surface area contributed by atoms with Gasteiger partial charge in [-0.25, -0.2) is 0 Å². The van der Waals surface area contributed by atoms with Crippen LogP contribution < -0.4 is 0 Å². The van der Waals surface area contributed by atoms with Gasteiger partial charge in [-0.1, -0.05) is 300 Å². The van der Waals surface area contributed by atoms with Gasteiger partial charge in [0.15, 0.2) is 5.78 Å². The van der Waals surface area contributed by atoms with Crippen molar-refractivity contribution in [2.75, 3.05) is 0 Å². The quantitative estimate of drug-likeness (QED) is 0.0642. The molecule has 2 heterocycles. The highest BCUT2D eigenvalue weighted by Crippen LogP contribution is 2.41. The van der Waals surface area contributed by atoms with Crippen molar-refractivity contribution in [3.8, 4) is 58.0 Å². The highest BCUT2D eigenvalue weighted by atomic mass is 35.5. The van der Waals surface area contributed by atoms with Crippen molar-refractivity contribution in [2.24, 2.45) is 0 Å². The molecule has 386 valence electrons. The number of rotatable bonds is 13. The van der Waals surface area contributed by atoms with E-state index in [0.717, 1.165) is 78.7 Å². The Morgan fingerprint density at radius 3 is 1.13 bits per heavy atom. The van der Waals surface area contributed by atoms with Crippen molar-refractivity contribution in [3.05, 3.63) is 316 Å². The van der Waals surface area contributed by atoms with Gasteiger partial charge in [-0.15, -0.1) is 0 Å². The van der Waals surface area contributed by atoms with Gasteiger partial charge in [0.1, 0.15) is 0 Å². The first-order valence-electron chi connectivity index (χ1n) is 27.2. The molecule has 8 aromatic carbocycles. The Kier molecular flexibility index (Phi) is 16.4. The predicted octanol–water partition coefficient (Wildman–Crippen LogP) is 18.3. The third kappa shape index (κ3) is 11.8. The molecule has 10 aromatic rings.